The van der Waals surface area contributed by atoms with Crippen LogP contribution >= 0.6 is 0 Å². The first-order valence-corrected chi connectivity index (χ1v) is 9.09. The van der Waals surface area contributed by atoms with Crippen molar-refractivity contribution in [3.05, 3.63) is 78.5 Å². The third kappa shape index (κ3) is 2.80. The molecule has 1 aliphatic heterocycles. The summed E-state index contributed by atoms with van der Waals surface area (Å²) in [5, 5.41) is 9.14. The van der Waals surface area contributed by atoms with E-state index in [4.69, 9.17) is 0 Å². The van der Waals surface area contributed by atoms with E-state index < -0.39 is 0 Å². The number of aromatic amines is 1. The fraction of sp³-hybridized carbons (Fsp3) is 0.238. The molecule has 0 amide bonds. The first kappa shape index (κ1) is 15.3. The number of nitrogens with one attached hydrogen (secondary N) is 1. The van der Waals surface area contributed by atoms with E-state index in [2.05, 4.69) is 74.8 Å². The highest BCUT2D eigenvalue weighted by molar-refractivity contribution is 5.85. The molecule has 5 nitrogen and oxygen atoms in total. The normalized spacial score (nSPS) is 17.9. The van der Waals surface area contributed by atoms with Crippen LogP contribution in [0.4, 0.5) is 0 Å². The van der Waals surface area contributed by atoms with Gasteiger partial charge in [0, 0.05) is 35.9 Å². The first-order chi connectivity index (χ1) is 12.9. The zero-order chi connectivity index (χ0) is 17.3. The van der Waals surface area contributed by atoms with Crippen molar-refractivity contribution in [1.29, 1.82) is 0 Å². The van der Waals surface area contributed by atoms with E-state index in [0.717, 1.165) is 25.3 Å². The van der Waals surface area contributed by atoms with E-state index in [9.17, 15) is 0 Å². The van der Waals surface area contributed by atoms with Crippen molar-refractivity contribution in [3.63, 3.8) is 0 Å². The Balaban J connectivity index is 1.40. The fourth-order valence-corrected chi connectivity index (χ4v) is 4.03. The molecule has 4 aromatic rings. The largest absolute Gasteiger partial charge is 0.361 e. The van der Waals surface area contributed by atoms with E-state index >= 15 is 0 Å². The Morgan fingerprint density at radius 2 is 1.88 bits per heavy atom. The quantitative estimate of drug-likeness (QED) is 0.614. The summed E-state index contributed by atoms with van der Waals surface area (Å²) in [5.41, 5.74) is 5.10. The highest BCUT2D eigenvalue weighted by Crippen LogP contribution is 2.34. The van der Waals surface area contributed by atoms with Gasteiger partial charge in [0.1, 0.15) is 12.7 Å². The van der Waals surface area contributed by atoms with Gasteiger partial charge in [-0.3, -0.25) is 9.47 Å². The molecule has 2 aromatic carbocycles. The smallest absolute Gasteiger partial charge is 0.123 e. The third-order valence-electron chi connectivity index (χ3n) is 5.38. The van der Waals surface area contributed by atoms with Gasteiger partial charge in [-0.25, -0.2) is 0 Å². The Kier molecular flexibility index (Phi) is 3.79. The summed E-state index contributed by atoms with van der Waals surface area (Å²) in [5.74, 6) is 0.573. The van der Waals surface area contributed by atoms with Crippen molar-refractivity contribution in [2.24, 2.45) is 0 Å². The lowest BCUT2D eigenvalue weighted by Gasteiger charge is -2.16. The predicted octanol–water partition coefficient (Wildman–Crippen LogP) is 3.74. The molecule has 1 fully saturated rings. The average molecular weight is 343 g/mol. The van der Waals surface area contributed by atoms with Gasteiger partial charge in [-0.2, -0.15) is 0 Å². The molecular weight excluding hydrogens is 322 g/mol. The minimum absolute atomic E-state index is 0.573. The Morgan fingerprint density at radius 3 is 2.73 bits per heavy atom. The summed E-state index contributed by atoms with van der Waals surface area (Å²) in [7, 11) is 0. The molecule has 1 atom stereocenters. The number of hydrogen-bond acceptors (Lipinski definition) is 3. The van der Waals surface area contributed by atoms with Gasteiger partial charge >= 0.3 is 0 Å². The Bertz CT molecular complexity index is 1000. The molecule has 5 rings (SSSR count). The SMILES string of the molecule is c1ccc(CN2CCC(c3c[nH]c4ccc(-n5cnnc5)cc34)C2)cc1. The van der Waals surface area contributed by atoms with Crippen molar-refractivity contribution in [1.82, 2.24) is 24.6 Å². The average Bonchev–Trinajstić information content (AvgIpc) is 3.42. The highest BCUT2D eigenvalue weighted by Gasteiger charge is 2.26. The van der Waals surface area contributed by atoms with E-state index in [1.165, 1.54) is 28.5 Å². The Morgan fingerprint density at radius 1 is 1.04 bits per heavy atom. The van der Waals surface area contributed by atoms with Crippen molar-refractivity contribution in [2.45, 2.75) is 18.9 Å². The first-order valence-electron chi connectivity index (χ1n) is 9.09. The molecule has 0 spiro atoms. The minimum Gasteiger partial charge on any atom is -0.361 e. The van der Waals surface area contributed by atoms with Crippen LogP contribution in [-0.4, -0.2) is 37.7 Å². The van der Waals surface area contributed by atoms with Gasteiger partial charge in [0.2, 0.25) is 0 Å². The predicted molar refractivity (Wildman–Crippen MR) is 102 cm³/mol. The van der Waals surface area contributed by atoms with E-state index in [-0.39, 0.29) is 0 Å². The van der Waals surface area contributed by atoms with Crippen molar-refractivity contribution < 1.29 is 0 Å². The van der Waals surface area contributed by atoms with Crippen LogP contribution in [0.15, 0.2) is 67.4 Å². The minimum atomic E-state index is 0.573. The number of H-pyrrole nitrogens is 1. The fourth-order valence-electron chi connectivity index (χ4n) is 4.03. The summed E-state index contributed by atoms with van der Waals surface area (Å²) in [6, 6.07) is 17.2. The van der Waals surface area contributed by atoms with Crippen LogP contribution in [0.2, 0.25) is 0 Å². The Labute approximate surface area is 152 Å². The molecule has 2 aromatic heterocycles. The van der Waals surface area contributed by atoms with Gasteiger partial charge in [0.05, 0.1) is 0 Å². The van der Waals surface area contributed by atoms with E-state index in [1.807, 2.05) is 4.57 Å². The van der Waals surface area contributed by atoms with Crippen LogP contribution in [0, 0.1) is 0 Å². The van der Waals surface area contributed by atoms with E-state index in [0.29, 0.717) is 5.92 Å². The third-order valence-corrected chi connectivity index (χ3v) is 5.38. The number of nitrogens with zero attached hydrogens (tertiary/aromatic N) is 4. The molecule has 0 aliphatic carbocycles. The zero-order valence-corrected chi connectivity index (χ0v) is 14.5. The lowest BCUT2D eigenvalue weighted by Crippen LogP contribution is -2.19. The standard InChI is InChI=1S/C21H21N5/c1-2-4-16(5-3-1)12-25-9-8-17(13-25)20-11-22-21-7-6-18(10-19(20)21)26-14-23-24-15-26/h1-7,10-11,14-15,17,22H,8-9,12-13H2. The summed E-state index contributed by atoms with van der Waals surface area (Å²) in [6.45, 7) is 3.29. The summed E-state index contributed by atoms with van der Waals surface area (Å²) < 4.78 is 1.95. The van der Waals surface area contributed by atoms with Gasteiger partial charge in [-0.05, 0) is 48.2 Å². The summed E-state index contributed by atoms with van der Waals surface area (Å²) in [4.78, 5) is 6.00. The molecule has 1 N–H and O–H groups in total. The zero-order valence-electron chi connectivity index (χ0n) is 14.5. The number of likely N-dealkylation sites (tertiary alicyclic amines) is 1. The molecule has 1 unspecified atom stereocenters. The van der Waals surface area contributed by atoms with E-state index in [1.54, 1.807) is 12.7 Å². The lowest BCUT2D eigenvalue weighted by atomic mass is 9.97. The maximum Gasteiger partial charge on any atom is 0.123 e. The van der Waals surface area contributed by atoms with Gasteiger partial charge in [-0.15, -0.1) is 10.2 Å². The maximum absolute atomic E-state index is 3.91. The number of benzene rings is 2. The second-order valence-electron chi connectivity index (χ2n) is 7.05. The van der Waals surface area contributed by atoms with Crippen molar-refractivity contribution in [3.8, 4) is 5.69 Å². The second kappa shape index (κ2) is 6.42. The number of aromatic nitrogens is 4. The van der Waals surface area contributed by atoms with Crippen LogP contribution in [0.5, 0.6) is 0 Å². The van der Waals surface area contributed by atoms with Crippen LogP contribution in [0.1, 0.15) is 23.5 Å². The molecule has 130 valence electrons. The molecule has 3 heterocycles. The van der Waals surface area contributed by atoms with Crippen LogP contribution in [0.25, 0.3) is 16.6 Å². The molecule has 5 heteroatoms. The second-order valence-corrected chi connectivity index (χ2v) is 7.05. The van der Waals surface area contributed by atoms with Gasteiger partial charge in [0.15, 0.2) is 0 Å². The van der Waals surface area contributed by atoms with Crippen molar-refractivity contribution in [2.75, 3.05) is 13.1 Å². The van der Waals surface area contributed by atoms with Crippen LogP contribution in [-0.2, 0) is 6.54 Å². The highest BCUT2D eigenvalue weighted by atomic mass is 15.2. The summed E-state index contributed by atoms with van der Waals surface area (Å²) in [6.07, 6.45) is 6.88. The van der Waals surface area contributed by atoms with Crippen molar-refractivity contribution >= 4 is 10.9 Å². The van der Waals surface area contributed by atoms with Gasteiger partial charge in [-0.1, -0.05) is 30.3 Å². The number of fused-ring (bicyclic) bond motifs is 1. The monoisotopic (exact) mass is 343 g/mol. The Hall–Kier alpha value is -2.92. The van der Waals surface area contributed by atoms with Gasteiger partial charge < -0.3 is 4.98 Å². The lowest BCUT2D eigenvalue weighted by molar-refractivity contribution is 0.327. The van der Waals surface area contributed by atoms with Crippen LogP contribution < -0.4 is 0 Å². The molecule has 0 saturated carbocycles. The molecular formula is C21H21N5. The summed E-state index contributed by atoms with van der Waals surface area (Å²) >= 11 is 0. The number of rotatable bonds is 4. The molecule has 26 heavy (non-hydrogen) atoms. The molecule has 1 aliphatic rings. The molecule has 0 radical (unpaired) electrons. The topological polar surface area (TPSA) is 49.7 Å². The van der Waals surface area contributed by atoms with Gasteiger partial charge in [0.25, 0.3) is 0 Å². The molecule has 1 saturated heterocycles. The maximum atomic E-state index is 3.91. The number of hydrogen-bond donors (Lipinski definition) is 1. The van der Waals surface area contributed by atoms with Crippen LogP contribution in [0.3, 0.4) is 0 Å². The molecule has 0 bridgehead atoms.